The molecule has 0 atom stereocenters. The Bertz CT molecular complexity index is 837. The fourth-order valence-electron chi connectivity index (χ4n) is 3.94. The van der Waals surface area contributed by atoms with Crippen molar-refractivity contribution >= 4 is 11.6 Å². The zero-order valence-corrected chi connectivity index (χ0v) is 19.4. The second kappa shape index (κ2) is 10.4. The molecule has 0 radical (unpaired) electrons. The largest absolute Gasteiger partial charge is 0.497 e. The molecule has 1 fully saturated rings. The fourth-order valence-corrected chi connectivity index (χ4v) is 3.94. The van der Waals surface area contributed by atoms with Crippen molar-refractivity contribution in [2.24, 2.45) is 4.99 Å². The van der Waals surface area contributed by atoms with Crippen molar-refractivity contribution in [1.29, 1.82) is 0 Å². The minimum Gasteiger partial charge on any atom is -0.497 e. The van der Waals surface area contributed by atoms with Gasteiger partial charge >= 0.3 is 0 Å². The highest BCUT2D eigenvalue weighted by Gasteiger charge is 2.23. The van der Waals surface area contributed by atoms with Gasteiger partial charge < -0.3 is 25.0 Å². The molecule has 0 spiro atoms. The summed E-state index contributed by atoms with van der Waals surface area (Å²) in [6.07, 6.45) is 2.09. The lowest BCUT2D eigenvalue weighted by molar-refractivity contribution is 0.393. The molecule has 1 saturated heterocycles. The van der Waals surface area contributed by atoms with Crippen molar-refractivity contribution in [2.45, 2.75) is 38.1 Å². The van der Waals surface area contributed by atoms with Gasteiger partial charge in [0.1, 0.15) is 11.5 Å². The molecular formula is C25H36N4O2. The van der Waals surface area contributed by atoms with Gasteiger partial charge in [0.25, 0.3) is 0 Å². The molecule has 1 aliphatic heterocycles. The van der Waals surface area contributed by atoms with Crippen molar-refractivity contribution in [1.82, 2.24) is 10.6 Å². The Labute approximate surface area is 186 Å². The maximum Gasteiger partial charge on any atom is 0.191 e. The Morgan fingerprint density at radius 2 is 1.65 bits per heavy atom. The van der Waals surface area contributed by atoms with E-state index in [0.717, 1.165) is 55.6 Å². The third-order valence-corrected chi connectivity index (χ3v) is 6.01. The van der Waals surface area contributed by atoms with Gasteiger partial charge in [-0.25, -0.2) is 0 Å². The van der Waals surface area contributed by atoms with Gasteiger partial charge in [0.2, 0.25) is 0 Å². The van der Waals surface area contributed by atoms with Gasteiger partial charge in [-0.15, -0.1) is 0 Å². The first-order valence-electron chi connectivity index (χ1n) is 11.0. The number of anilines is 1. The predicted octanol–water partition coefficient (Wildman–Crippen LogP) is 3.82. The Morgan fingerprint density at radius 3 is 2.19 bits per heavy atom. The lowest BCUT2D eigenvalue weighted by Crippen LogP contribution is -2.50. The molecule has 168 valence electrons. The molecule has 1 heterocycles. The fraction of sp³-hybridized carbons (Fsp3) is 0.480. The Morgan fingerprint density at radius 1 is 1.03 bits per heavy atom. The van der Waals surface area contributed by atoms with Crippen LogP contribution in [0.4, 0.5) is 5.69 Å². The van der Waals surface area contributed by atoms with Gasteiger partial charge in [0.15, 0.2) is 5.96 Å². The number of nitrogens with zero attached hydrogens (tertiary/aromatic N) is 2. The van der Waals surface area contributed by atoms with Crippen LogP contribution >= 0.6 is 0 Å². The molecule has 0 aromatic heterocycles. The van der Waals surface area contributed by atoms with Crippen LogP contribution in [0, 0.1) is 0 Å². The van der Waals surface area contributed by atoms with E-state index < -0.39 is 0 Å². The van der Waals surface area contributed by atoms with E-state index in [-0.39, 0.29) is 5.41 Å². The van der Waals surface area contributed by atoms with Crippen LogP contribution in [0.2, 0.25) is 0 Å². The van der Waals surface area contributed by atoms with Gasteiger partial charge in [-0.1, -0.05) is 44.2 Å². The van der Waals surface area contributed by atoms with Crippen molar-refractivity contribution in [3.05, 3.63) is 54.1 Å². The normalized spacial score (nSPS) is 15.5. The van der Waals surface area contributed by atoms with E-state index >= 15 is 0 Å². The molecule has 0 saturated carbocycles. The molecule has 2 aromatic carbocycles. The number of piperidine rings is 1. The predicted molar refractivity (Wildman–Crippen MR) is 129 cm³/mol. The highest BCUT2D eigenvalue weighted by Crippen LogP contribution is 2.30. The van der Waals surface area contributed by atoms with Crippen LogP contribution in [-0.4, -0.2) is 52.9 Å². The van der Waals surface area contributed by atoms with Crippen LogP contribution < -0.4 is 25.0 Å². The summed E-state index contributed by atoms with van der Waals surface area (Å²) in [5.74, 6) is 2.51. The Kier molecular flexibility index (Phi) is 7.66. The standard InChI is InChI=1S/C25H36N4O2/c1-25(2,19-9-7-6-8-10-19)18-27-24(26-3)28-20-11-13-29(14-12-20)21-15-22(30-4)17-23(16-21)31-5/h6-10,15-17,20H,11-14,18H2,1-5H3,(H2,26,27,28). The summed E-state index contributed by atoms with van der Waals surface area (Å²) in [6.45, 7) is 7.27. The first-order chi connectivity index (χ1) is 14.9. The van der Waals surface area contributed by atoms with Crippen molar-refractivity contribution in [3.63, 3.8) is 0 Å². The van der Waals surface area contributed by atoms with Gasteiger partial charge in [0, 0.05) is 62.0 Å². The SMILES string of the molecule is CN=C(NCC(C)(C)c1ccccc1)NC1CCN(c2cc(OC)cc(OC)c2)CC1. The maximum atomic E-state index is 5.42. The average Bonchev–Trinajstić information content (AvgIpc) is 2.82. The van der Waals surface area contributed by atoms with E-state index in [2.05, 4.69) is 76.8 Å². The van der Waals surface area contributed by atoms with Crippen LogP contribution in [0.3, 0.4) is 0 Å². The monoisotopic (exact) mass is 424 g/mol. The summed E-state index contributed by atoms with van der Waals surface area (Å²) in [6, 6.07) is 17.1. The van der Waals surface area contributed by atoms with Crippen LogP contribution in [0.25, 0.3) is 0 Å². The third-order valence-electron chi connectivity index (χ3n) is 6.01. The Hall–Kier alpha value is -2.89. The zero-order chi connectivity index (χ0) is 22.3. The molecule has 0 bridgehead atoms. The van der Waals surface area contributed by atoms with Crippen molar-refractivity contribution in [3.8, 4) is 11.5 Å². The van der Waals surface area contributed by atoms with Crippen LogP contribution in [0.1, 0.15) is 32.3 Å². The van der Waals surface area contributed by atoms with Crippen molar-refractivity contribution < 1.29 is 9.47 Å². The highest BCUT2D eigenvalue weighted by molar-refractivity contribution is 5.80. The molecule has 1 aliphatic rings. The topological polar surface area (TPSA) is 58.1 Å². The summed E-state index contributed by atoms with van der Waals surface area (Å²) >= 11 is 0. The second-order valence-electron chi connectivity index (χ2n) is 8.65. The molecule has 2 aromatic rings. The summed E-state index contributed by atoms with van der Waals surface area (Å²) < 4.78 is 10.8. The number of hydrogen-bond acceptors (Lipinski definition) is 4. The molecule has 31 heavy (non-hydrogen) atoms. The number of methoxy groups -OCH3 is 2. The van der Waals surface area contributed by atoms with Gasteiger partial charge in [0.05, 0.1) is 14.2 Å². The lowest BCUT2D eigenvalue weighted by atomic mass is 9.85. The molecule has 0 amide bonds. The van der Waals surface area contributed by atoms with Crippen LogP contribution in [0.15, 0.2) is 53.5 Å². The minimum absolute atomic E-state index is 0.0215. The lowest BCUT2D eigenvalue weighted by Gasteiger charge is -2.35. The number of ether oxygens (including phenoxy) is 2. The van der Waals surface area contributed by atoms with Crippen LogP contribution in [0.5, 0.6) is 11.5 Å². The number of benzene rings is 2. The second-order valence-corrected chi connectivity index (χ2v) is 8.65. The van der Waals surface area contributed by atoms with E-state index in [4.69, 9.17) is 9.47 Å². The summed E-state index contributed by atoms with van der Waals surface area (Å²) in [7, 11) is 5.21. The van der Waals surface area contributed by atoms with E-state index in [1.165, 1.54) is 5.56 Å². The molecule has 0 unspecified atom stereocenters. The van der Waals surface area contributed by atoms with Gasteiger partial charge in [-0.2, -0.15) is 0 Å². The first-order valence-corrected chi connectivity index (χ1v) is 11.0. The summed E-state index contributed by atoms with van der Waals surface area (Å²) in [5, 5.41) is 7.13. The van der Waals surface area contributed by atoms with E-state index in [9.17, 15) is 0 Å². The quantitative estimate of drug-likeness (QED) is 0.523. The first kappa shape index (κ1) is 22.8. The minimum atomic E-state index is 0.0215. The average molecular weight is 425 g/mol. The molecule has 3 rings (SSSR count). The number of nitrogens with one attached hydrogen (secondary N) is 2. The molecule has 6 nitrogen and oxygen atoms in total. The van der Waals surface area contributed by atoms with Gasteiger partial charge in [-0.05, 0) is 18.4 Å². The maximum absolute atomic E-state index is 5.42. The van der Waals surface area contributed by atoms with E-state index in [1.54, 1.807) is 14.2 Å². The number of guanidine groups is 1. The highest BCUT2D eigenvalue weighted by atomic mass is 16.5. The van der Waals surface area contributed by atoms with E-state index in [1.807, 2.05) is 13.1 Å². The number of rotatable bonds is 7. The third kappa shape index (κ3) is 6.06. The summed E-state index contributed by atoms with van der Waals surface area (Å²) in [4.78, 5) is 6.84. The zero-order valence-electron chi connectivity index (χ0n) is 19.4. The van der Waals surface area contributed by atoms with Crippen molar-refractivity contribution in [2.75, 3.05) is 45.8 Å². The molecular weight excluding hydrogens is 388 g/mol. The van der Waals surface area contributed by atoms with Crippen LogP contribution in [-0.2, 0) is 5.41 Å². The van der Waals surface area contributed by atoms with Gasteiger partial charge in [-0.3, -0.25) is 4.99 Å². The smallest absolute Gasteiger partial charge is 0.191 e. The molecule has 6 heteroatoms. The Balaban J connectivity index is 1.53. The molecule has 2 N–H and O–H groups in total. The summed E-state index contributed by atoms with van der Waals surface area (Å²) in [5.41, 5.74) is 2.48. The number of hydrogen-bond donors (Lipinski definition) is 2. The number of aliphatic imine (C=N–C) groups is 1. The van der Waals surface area contributed by atoms with E-state index in [0.29, 0.717) is 6.04 Å². The molecule has 0 aliphatic carbocycles.